The largest absolute Gasteiger partial charge is 0.490 e. The first-order valence-electron chi connectivity index (χ1n) is 6.00. The molecule has 100 valence electrons. The highest BCUT2D eigenvalue weighted by Gasteiger charge is 2.20. The first-order valence-corrected chi connectivity index (χ1v) is 6.00. The van der Waals surface area contributed by atoms with Crippen LogP contribution in [0.5, 0.6) is 11.5 Å². The van der Waals surface area contributed by atoms with E-state index in [1.807, 2.05) is 13.0 Å². The van der Waals surface area contributed by atoms with Crippen LogP contribution in [-0.4, -0.2) is 17.7 Å². The Labute approximate surface area is 111 Å². The molecule has 0 saturated heterocycles. The average Bonchev–Trinajstić information content (AvgIpc) is 2.72. The van der Waals surface area contributed by atoms with E-state index < -0.39 is 5.97 Å². The van der Waals surface area contributed by atoms with Gasteiger partial charge in [0.15, 0.2) is 11.5 Å². The quantitative estimate of drug-likeness (QED) is 0.625. The summed E-state index contributed by atoms with van der Waals surface area (Å²) in [5.41, 5.74) is 0.864. The van der Waals surface area contributed by atoms with E-state index in [-0.39, 0.29) is 0 Å². The molecule has 19 heavy (non-hydrogen) atoms. The van der Waals surface area contributed by atoms with Crippen molar-refractivity contribution in [2.24, 2.45) is 0 Å². The van der Waals surface area contributed by atoms with Crippen molar-refractivity contribution in [1.29, 1.82) is 0 Å². The molecule has 2 rings (SSSR count). The van der Waals surface area contributed by atoms with Crippen molar-refractivity contribution in [1.82, 2.24) is 5.16 Å². The standard InChI is InChI=1S/C14H15NO4/c1-4-17-11-7-5-6-8-12(11)18-14(16)13-9(2)15-19-10(13)3/h5-8H,4H2,1-3H3. The summed E-state index contributed by atoms with van der Waals surface area (Å²) in [6.45, 7) is 5.74. The van der Waals surface area contributed by atoms with Gasteiger partial charge in [-0.1, -0.05) is 17.3 Å². The van der Waals surface area contributed by atoms with E-state index in [1.54, 1.807) is 32.0 Å². The third-order valence-corrected chi connectivity index (χ3v) is 2.59. The molecule has 1 heterocycles. The second-order valence-electron chi connectivity index (χ2n) is 3.97. The van der Waals surface area contributed by atoms with Gasteiger partial charge in [0.1, 0.15) is 11.3 Å². The molecular weight excluding hydrogens is 246 g/mol. The molecule has 5 heteroatoms. The van der Waals surface area contributed by atoms with Gasteiger partial charge >= 0.3 is 5.97 Å². The van der Waals surface area contributed by atoms with Crippen LogP contribution in [0.25, 0.3) is 0 Å². The summed E-state index contributed by atoms with van der Waals surface area (Å²) in [6.07, 6.45) is 0. The molecule has 1 aromatic heterocycles. The van der Waals surface area contributed by atoms with Gasteiger partial charge < -0.3 is 14.0 Å². The van der Waals surface area contributed by atoms with Gasteiger partial charge in [-0.05, 0) is 32.9 Å². The lowest BCUT2D eigenvalue weighted by atomic mass is 10.2. The molecule has 0 unspecified atom stereocenters. The molecule has 0 aliphatic carbocycles. The normalized spacial score (nSPS) is 10.3. The fraction of sp³-hybridized carbons (Fsp3) is 0.286. The lowest BCUT2D eigenvalue weighted by Crippen LogP contribution is -2.11. The highest BCUT2D eigenvalue weighted by molar-refractivity contribution is 5.93. The van der Waals surface area contributed by atoms with E-state index in [2.05, 4.69) is 5.16 Å². The van der Waals surface area contributed by atoms with E-state index in [1.165, 1.54) is 0 Å². The number of hydrogen-bond donors (Lipinski definition) is 0. The summed E-state index contributed by atoms with van der Waals surface area (Å²) in [7, 11) is 0. The monoisotopic (exact) mass is 261 g/mol. The molecule has 0 fully saturated rings. The number of rotatable bonds is 4. The maximum absolute atomic E-state index is 12.1. The summed E-state index contributed by atoms with van der Waals surface area (Å²) >= 11 is 0. The van der Waals surface area contributed by atoms with Gasteiger partial charge in [-0.2, -0.15) is 0 Å². The maximum Gasteiger partial charge on any atom is 0.349 e. The topological polar surface area (TPSA) is 61.6 Å². The molecule has 0 spiro atoms. The zero-order chi connectivity index (χ0) is 13.8. The minimum Gasteiger partial charge on any atom is -0.490 e. The number of carbonyl (C=O) groups is 1. The fourth-order valence-corrected chi connectivity index (χ4v) is 1.73. The van der Waals surface area contributed by atoms with Gasteiger partial charge in [0.2, 0.25) is 0 Å². The Morgan fingerprint density at radius 1 is 1.26 bits per heavy atom. The van der Waals surface area contributed by atoms with Crippen LogP contribution in [-0.2, 0) is 0 Å². The summed E-state index contributed by atoms with van der Waals surface area (Å²) in [4.78, 5) is 12.1. The Balaban J connectivity index is 2.24. The first-order chi connectivity index (χ1) is 9.13. The molecule has 0 saturated carbocycles. The SMILES string of the molecule is CCOc1ccccc1OC(=O)c1c(C)noc1C. The van der Waals surface area contributed by atoms with E-state index in [0.29, 0.717) is 35.1 Å². The van der Waals surface area contributed by atoms with Gasteiger partial charge in [0, 0.05) is 0 Å². The Morgan fingerprint density at radius 2 is 1.95 bits per heavy atom. The van der Waals surface area contributed by atoms with Crippen molar-refractivity contribution >= 4 is 5.97 Å². The highest BCUT2D eigenvalue weighted by Crippen LogP contribution is 2.27. The minimum atomic E-state index is -0.497. The molecule has 1 aromatic carbocycles. The number of ether oxygens (including phenoxy) is 2. The first kappa shape index (κ1) is 13.1. The summed E-state index contributed by atoms with van der Waals surface area (Å²) < 4.78 is 15.7. The third-order valence-electron chi connectivity index (χ3n) is 2.59. The average molecular weight is 261 g/mol. The van der Waals surface area contributed by atoms with Crippen LogP contribution in [0.2, 0.25) is 0 Å². The molecule has 5 nitrogen and oxygen atoms in total. The number of hydrogen-bond acceptors (Lipinski definition) is 5. The predicted octanol–water partition coefficient (Wildman–Crippen LogP) is 2.91. The molecule has 0 atom stereocenters. The molecule has 0 bridgehead atoms. The van der Waals surface area contributed by atoms with Gasteiger partial charge in [0.25, 0.3) is 0 Å². The van der Waals surface area contributed by atoms with Gasteiger partial charge in [-0.3, -0.25) is 0 Å². The zero-order valence-electron chi connectivity index (χ0n) is 11.1. The summed E-state index contributed by atoms with van der Waals surface area (Å²) in [6, 6.07) is 7.03. The summed E-state index contributed by atoms with van der Waals surface area (Å²) in [5, 5.41) is 3.73. The Bertz CT molecular complexity index is 569. The number of esters is 1. The third kappa shape index (κ3) is 2.76. The van der Waals surface area contributed by atoms with Gasteiger partial charge in [-0.15, -0.1) is 0 Å². The number of aromatic nitrogens is 1. The van der Waals surface area contributed by atoms with Crippen LogP contribution < -0.4 is 9.47 Å². The molecule has 0 N–H and O–H groups in total. The van der Waals surface area contributed by atoms with Crippen LogP contribution >= 0.6 is 0 Å². The molecule has 0 aliphatic heterocycles. The van der Waals surface area contributed by atoms with Crippen LogP contribution in [0.1, 0.15) is 28.7 Å². The Morgan fingerprint density at radius 3 is 2.53 bits per heavy atom. The molecule has 0 amide bonds. The summed E-state index contributed by atoms with van der Waals surface area (Å²) in [5.74, 6) is 0.860. The van der Waals surface area contributed by atoms with E-state index in [4.69, 9.17) is 14.0 Å². The van der Waals surface area contributed by atoms with Crippen molar-refractivity contribution in [3.05, 3.63) is 41.3 Å². The van der Waals surface area contributed by atoms with Crippen molar-refractivity contribution < 1.29 is 18.8 Å². The number of carbonyl (C=O) groups excluding carboxylic acids is 1. The fourth-order valence-electron chi connectivity index (χ4n) is 1.73. The smallest absolute Gasteiger partial charge is 0.349 e. The zero-order valence-corrected chi connectivity index (χ0v) is 11.1. The van der Waals surface area contributed by atoms with Crippen molar-refractivity contribution in [2.75, 3.05) is 6.61 Å². The van der Waals surface area contributed by atoms with Crippen molar-refractivity contribution in [3.63, 3.8) is 0 Å². The van der Waals surface area contributed by atoms with Gasteiger partial charge in [-0.25, -0.2) is 4.79 Å². The van der Waals surface area contributed by atoms with Crippen LogP contribution in [0.15, 0.2) is 28.8 Å². The van der Waals surface area contributed by atoms with Crippen LogP contribution in [0.3, 0.4) is 0 Å². The predicted molar refractivity (Wildman–Crippen MR) is 68.5 cm³/mol. The van der Waals surface area contributed by atoms with Crippen molar-refractivity contribution in [2.45, 2.75) is 20.8 Å². The minimum absolute atomic E-state index is 0.353. The molecule has 2 aromatic rings. The molecule has 0 aliphatic rings. The lowest BCUT2D eigenvalue weighted by Gasteiger charge is -2.09. The van der Waals surface area contributed by atoms with Crippen LogP contribution in [0.4, 0.5) is 0 Å². The maximum atomic E-state index is 12.1. The van der Waals surface area contributed by atoms with E-state index in [0.717, 1.165) is 0 Å². The Kier molecular flexibility index (Phi) is 3.85. The molecular formula is C14H15NO4. The number of para-hydroxylation sites is 2. The number of benzene rings is 1. The number of nitrogens with zero attached hydrogens (tertiary/aromatic N) is 1. The highest BCUT2D eigenvalue weighted by atomic mass is 16.6. The van der Waals surface area contributed by atoms with Gasteiger partial charge in [0.05, 0.1) is 12.3 Å². The van der Waals surface area contributed by atoms with E-state index >= 15 is 0 Å². The van der Waals surface area contributed by atoms with Crippen molar-refractivity contribution in [3.8, 4) is 11.5 Å². The lowest BCUT2D eigenvalue weighted by molar-refractivity contribution is 0.0726. The second-order valence-corrected chi connectivity index (χ2v) is 3.97. The molecule has 0 radical (unpaired) electrons. The second kappa shape index (κ2) is 5.56. The van der Waals surface area contributed by atoms with E-state index in [9.17, 15) is 4.79 Å². The Hall–Kier alpha value is -2.30. The number of aryl methyl sites for hydroxylation is 2. The van der Waals surface area contributed by atoms with Crippen LogP contribution in [0, 0.1) is 13.8 Å².